The molecular weight excluding hydrogens is 351 g/mol. The summed E-state index contributed by atoms with van der Waals surface area (Å²) in [5.41, 5.74) is 2.78. The number of hydrogen-bond donors (Lipinski definition) is 0. The normalized spacial score (nSPS) is 13.0. The molecule has 3 rings (SSSR count). The molecule has 0 aliphatic heterocycles. The van der Waals surface area contributed by atoms with Crippen molar-refractivity contribution in [2.24, 2.45) is 4.99 Å². The Hall–Kier alpha value is -2.44. The molecule has 0 bridgehead atoms. The van der Waals surface area contributed by atoms with Gasteiger partial charge < -0.3 is 14.0 Å². The summed E-state index contributed by atoms with van der Waals surface area (Å²) in [5.74, 6) is 0.548. The van der Waals surface area contributed by atoms with Crippen molar-refractivity contribution in [1.82, 2.24) is 4.57 Å². The van der Waals surface area contributed by atoms with E-state index in [0.29, 0.717) is 6.61 Å². The Bertz CT molecular complexity index is 914. The summed E-state index contributed by atoms with van der Waals surface area (Å²) in [4.78, 5) is 5.64. The van der Waals surface area contributed by atoms with Crippen LogP contribution in [0.3, 0.4) is 0 Å². The highest BCUT2D eigenvalue weighted by Crippen LogP contribution is 2.25. The number of thiazole rings is 1. The van der Waals surface area contributed by atoms with E-state index in [1.54, 1.807) is 37.7 Å². The fourth-order valence-electron chi connectivity index (χ4n) is 2.74. The van der Waals surface area contributed by atoms with E-state index in [4.69, 9.17) is 14.5 Å². The van der Waals surface area contributed by atoms with E-state index >= 15 is 0 Å². The molecule has 0 saturated heterocycles. The van der Waals surface area contributed by atoms with Crippen LogP contribution in [0.5, 0.6) is 5.75 Å². The molecule has 2 aromatic carbocycles. The quantitative estimate of drug-likeness (QED) is 0.623. The van der Waals surface area contributed by atoms with Gasteiger partial charge in [-0.05, 0) is 61.0 Å². The van der Waals surface area contributed by atoms with E-state index in [0.717, 1.165) is 27.5 Å². The second kappa shape index (κ2) is 8.29. The largest absolute Gasteiger partial charge is 0.497 e. The van der Waals surface area contributed by atoms with Gasteiger partial charge >= 0.3 is 0 Å². The monoisotopic (exact) mass is 372 g/mol. The molecule has 0 aliphatic rings. The molecule has 0 fully saturated rings. The second-order valence-corrected chi connectivity index (χ2v) is 6.73. The van der Waals surface area contributed by atoms with Gasteiger partial charge in [-0.15, -0.1) is 11.3 Å². The van der Waals surface area contributed by atoms with E-state index in [1.807, 2.05) is 29.6 Å². The number of benzene rings is 2. The van der Waals surface area contributed by atoms with Crippen LogP contribution in [0, 0.1) is 5.82 Å². The third kappa shape index (κ3) is 4.03. The second-order valence-electron chi connectivity index (χ2n) is 5.89. The van der Waals surface area contributed by atoms with Gasteiger partial charge in [0, 0.05) is 12.5 Å². The lowest BCUT2D eigenvalue weighted by Crippen LogP contribution is -2.22. The molecule has 0 N–H and O–H groups in total. The van der Waals surface area contributed by atoms with Crippen LogP contribution in [0.15, 0.2) is 58.9 Å². The molecule has 0 aliphatic carbocycles. The highest BCUT2D eigenvalue weighted by Gasteiger charge is 2.14. The Labute approximate surface area is 156 Å². The van der Waals surface area contributed by atoms with Gasteiger partial charge in [-0.2, -0.15) is 0 Å². The Morgan fingerprint density at radius 2 is 1.77 bits per heavy atom. The number of nitrogens with zero attached hydrogens (tertiary/aromatic N) is 2. The number of methoxy groups -OCH3 is 2. The summed E-state index contributed by atoms with van der Waals surface area (Å²) in [5, 5.41) is 2.04. The molecule has 6 heteroatoms. The first-order valence-corrected chi connectivity index (χ1v) is 9.14. The molecule has 0 saturated carbocycles. The van der Waals surface area contributed by atoms with E-state index in [1.165, 1.54) is 12.1 Å². The Morgan fingerprint density at radius 3 is 2.38 bits per heavy atom. The maximum absolute atomic E-state index is 13.3. The highest BCUT2D eigenvalue weighted by atomic mass is 32.1. The van der Waals surface area contributed by atoms with Crippen molar-refractivity contribution >= 4 is 17.0 Å². The zero-order valence-electron chi connectivity index (χ0n) is 15.0. The van der Waals surface area contributed by atoms with Crippen LogP contribution in [-0.2, 0) is 4.74 Å². The molecule has 136 valence electrons. The van der Waals surface area contributed by atoms with Crippen LogP contribution < -0.4 is 9.54 Å². The van der Waals surface area contributed by atoms with Crippen LogP contribution in [0.1, 0.15) is 13.0 Å². The minimum Gasteiger partial charge on any atom is -0.497 e. The highest BCUT2D eigenvalue weighted by molar-refractivity contribution is 7.07. The summed E-state index contributed by atoms with van der Waals surface area (Å²) in [6.07, 6.45) is 0. The minimum absolute atomic E-state index is 0.0864. The first kappa shape index (κ1) is 18.4. The Morgan fingerprint density at radius 1 is 1.08 bits per heavy atom. The molecule has 1 heterocycles. The summed E-state index contributed by atoms with van der Waals surface area (Å²) >= 11 is 1.55. The number of ether oxygens (including phenoxy) is 2. The SMILES string of the molecule is COC[C@H](C)n1c(-c2ccc(F)cc2)csc1=Nc1ccc(OC)cc1. The molecule has 1 atom stereocenters. The number of halogens is 1. The van der Waals surface area contributed by atoms with Gasteiger partial charge in [0.05, 0.1) is 31.1 Å². The molecule has 0 spiro atoms. The fourth-order valence-corrected chi connectivity index (χ4v) is 3.76. The lowest BCUT2D eigenvalue weighted by Gasteiger charge is -2.16. The topological polar surface area (TPSA) is 35.8 Å². The maximum Gasteiger partial charge on any atom is 0.190 e. The van der Waals surface area contributed by atoms with Crippen LogP contribution in [0.2, 0.25) is 0 Å². The van der Waals surface area contributed by atoms with Gasteiger partial charge in [0.1, 0.15) is 11.6 Å². The van der Waals surface area contributed by atoms with E-state index < -0.39 is 0 Å². The van der Waals surface area contributed by atoms with Crippen molar-refractivity contribution in [2.45, 2.75) is 13.0 Å². The van der Waals surface area contributed by atoms with Gasteiger partial charge in [-0.3, -0.25) is 0 Å². The number of aromatic nitrogens is 1. The Kier molecular flexibility index (Phi) is 5.85. The molecule has 4 nitrogen and oxygen atoms in total. The van der Waals surface area contributed by atoms with Crippen molar-refractivity contribution in [2.75, 3.05) is 20.8 Å². The zero-order valence-corrected chi connectivity index (χ0v) is 15.8. The van der Waals surface area contributed by atoms with E-state index in [2.05, 4.69) is 11.5 Å². The van der Waals surface area contributed by atoms with Crippen molar-refractivity contribution < 1.29 is 13.9 Å². The fraction of sp³-hybridized carbons (Fsp3) is 0.250. The lowest BCUT2D eigenvalue weighted by molar-refractivity contribution is 0.162. The van der Waals surface area contributed by atoms with E-state index in [-0.39, 0.29) is 11.9 Å². The molecule has 0 unspecified atom stereocenters. The van der Waals surface area contributed by atoms with Crippen LogP contribution in [0.4, 0.5) is 10.1 Å². The van der Waals surface area contributed by atoms with Gasteiger partial charge in [-0.25, -0.2) is 9.38 Å². The summed E-state index contributed by atoms with van der Waals surface area (Å²) in [6.45, 7) is 2.64. The molecule has 0 radical (unpaired) electrons. The molecule has 0 amide bonds. The smallest absolute Gasteiger partial charge is 0.190 e. The number of rotatable bonds is 6. The van der Waals surface area contributed by atoms with Gasteiger partial charge in [0.15, 0.2) is 4.80 Å². The minimum atomic E-state index is -0.247. The summed E-state index contributed by atoms with van der Waals surface area (Å²) in [7, 11) is 3.32. The summed E-state index contributed by atoms with van der Waals surface area (Å²) < 4.78 is 25.9. The van der Waals surface area contributed by atoms with Gasteiger partial charge in [-0.1, -0.05) is 0 Å². The molecule has 3 aromatic rings. The van der Waals surface area contributed by atoms with Crippen molar-refractivity contribution in [3.63, 3.8) is 0 Å². The van der Waals surface area contributed by atoms with Crippen molar-refractivity contribution in [3.05, 3.63) is 64.5 Å². The molecule has 1 aromatic heterocycles. The van der Waals surface area contributed by atoms with Crippen molar-refractivity contribution in [1.29, 1.82) is 0 Å². The zero-order chi connectivity index (χ0) is 18.5. The first-order chi connectivity index (χ1) is 12.6. The molecular formula is C20H21FN2O2S. The molecule has 26 heavy (non-hydrogen) atoms. The van der Waals surface area contributed by atoms with Crippen LogP contribution >= 0.6 is 11.3 Å². The standard InChI is InChI=1S/C20H21FN2O2S/c1-14(12-24-2)23-19(15-4-6-16(21)7-5-15)13-26-20(23)22-17-8-10-18(25-3)11-9-17/h4-11,13-14H,12H2,1-3H3/t14-/m0/s1. The average Bonchev–Trinajstić information content (AvgIpc) is 3.07. The van der Waals surface area contributed by atoms with Crippen LogP contribution in [0.25, 0.3) is 11.3 Å². The summed E-state index contributed by atoms with van der Waals surface area (Å²) in [6, 6.07) is 14.2. The maximum atomic E-state index is 13.3. The van der Waals surface area contributed by atoms with Gasteiger partial charge in [0.2, 0.25) is 0 Å². The van der Waals surface area contributed by atoms with Gasteiger partial charge in [0.25, 0.3) is 0 Å². The lowest BCUT2D eigenvalue weighted by atomic mass is 10.1. The first-order valence-electron chi connectivity index (χ1n) is 8.26. The van der Waals surface area contributed by atoms with E-state index in [9.17, 15) is 4.39 Å². The Balaban J connectivity index is 2.09. The van der Waals surface area contributed by atoms with Crippen molar-refractivity contribution in [3.8, 4) is 17.0 Å². The average molecular weight is 372 g/mol. The third-order valence-electron chi connectivity index (χ3n) is 4.03. The predicted octanol–water partition coefficient (Wildman–Crippen LogP) is 4.80. The third-order valence-corrected chi connectivity index (χ3v) is 4.87. The predicted molar refractivity (Wildman–Crippen MR) is 103 cm³/mol. The number of hydrogen-bond acceptors (Lipinski definition) is 4. The van der Waals surface area contributed by atoms with Crippen LogP contribution in [-0.4, -0.2) is 25.4 Å².